The molecule has 1 atom stereocenters. The van der Waals surface area contributed by atoms with Gasteiger partial charge in [-0.3, -0.25) is 9.59 Å². The number of nitrogens with zero attached hydrogens (tertiary/aromatic N) is 1. The first kappa shape index (κ1) is 18.1. The van der Waals surface area contributed by atoms with Crippen LogP contribution in [0.3, 0.4) is 0 Å². The Bertz CT molecular complexity index is 637. The molecule has 0 radical (unpaired) electrons. The molecule has 0 spiro atoms. The van der Waals surface area contributed by atoms with Crippen molar-refractivity contribution in [3.05, 3.63) is 24.3 Å². The molecule has 0 saturated heterocycles. The topological polar surface area (TPSA) is 88.4 Å². The molecule has 0 unspecified atom stereocenters. The zero-order chi connectivity index (χ0) is 17.6. The first-order chi connectivity index (χ1) is 11.5. The van der Waals surface area contributed by atoms with E-state index in [9.17, 15) is 14.9 Å². The van der Waals surface area contributed by atoms with Crippen LogP contribution in [0, 0.1) is 17.2 Å². The van der Waals surface area contributed by atoms with Gasteiger partial charge in [-0.2, -0.15) is 5.26 Å². The Kier molecular flexibility index (Phi) is 6.10. The largest absolute Gasteiger partial charge is 0.497 e. The molecule has 128 valence electrons. The van der Waals surface area contributed by atoms with Crippen molar-refractivity contribution in [2.45, 2.75) is 30.2 Å². The van der Waals surface area contributed by atoms with Gasteiger partial charge < -0.3 is 14.8 Å². The average Bonchev–Trinajstić information content (AvgIpc) is 3.44. The number of hydrogen-bond donors (Lipinski definition) is 1. The van der Waals surface area contributed by atoms with E-state index < -0.39 is 17.4 Å². The van der Waals surface area contributed by atoms with E-state index in [-0.39, 0.29) is 18.3 Å². The van der Waals surface area contributed by atoms with Crippen LogP contribution in [-0.2, 0) is 14.3 Å². The molecular formula is C17H20N2O4S. The predicted molar refractivity (Wildman–Crippen MR) is 89.6 cm³/mol. The quantitative estimate of drug-likeness (QED) is 0.572. The Hall–Kier alpha value is -2.20. The molecule has 0 aromatic heterocycles. The number of esters is 1. The van der Waals surface area contributed by atoms with Crippen molar-refractivity contribution in [2.24, 2.45) is 5.92 Å². The molecule has 0 aliphatic heterocycles. The number of benzene rings is 1. The molecule has 1 aliphatic carbocycles. The first-order valence-corrected chi connectivity index (χ1v) is 8.60. The summed E-state index contributed by atoms with van der Waals surface area (Å²) in [5.41, 5.74) is -0.874. The summed E-state index contributed by atoms with van der Waals surface area (Å²) in [6.07, 6.45) is 1.87. The minimum absolute atomic E-state index is 0.109. The number of methoxy groups -OCH3 is 1. The maximum absolute atomic E-state index is 11.8. The Morgan fingerprint density at radius 1 is 1.38 bits per heavy atom. The normalized spacial score (nSPS) is 15.7. The van der Waals surface area contributed by atoms with Gasteiger partial charge in [0.1, 0.15) is 11.3 Å². The number of ether oxygens (including phenoxy) is 2. The number of nitrogens with one attached hydrogen (secondary N) is 1. The van der Waals surface area contributed by atoms with Crippen LogP contribution in [0.4, 0.5) is 0 Å². The van der Waals surface area contributed by atoms with Gasteiger partial charge in [-0.05, 0) is 49.9 Å². The third-order valence-electron chi connectivity index (χ3n) is 3.81. The van der Waals surface area contributed by atoms with E-state index in [0.717, 1.165) is 23.5 Å². The maximum atomic E-state index is 11.8. The van der Waals surface area contributed by atoms with Gasteiger partial charge in [0.2, 0.25) is 0 Å². The zero-order valence-corrected chi connectivity index (χ0v) is 14.5. The van der Waals surface area contributed by atoms with Gasteiger partial charge in [-0.15, -0.1) is 11.8 Å². The van der Waals surface area contributed by atoms with Gasteiger partial charge in [0.05, 0.1) is 18.9 Å². The lowest BCUT2D eigenvalue weighted by atomic mass is 9.98. The van der Waals surface area contributed by atoms with Crippen LogP contribution in [0.1, 0.15) is 19.8 Å². The van der Waals surface area contributed by atoms with E-state index in [4.69, 9.17) is 9.47 Å². The van der Waals surface area contributed by atoms with Gasteiger partial charge in [-0.1, -0.05) is 0 Å². The molecule has 1 amide bonds. The molecule has 0 heterocycles. The Morgan fingerprint density at radius 2 is 2.04 bits per heavy atom. The second kappa shape index (κ2) is 8.06. The van der Waals surface area contributed by atoms with Crippen molar-refractivity contribution in [3.8, 4) is 11.8 Å². The summed E-state index contributed by atoms with van der Waals surface area (Å²) in [7, 11) is 1.59. The second-order valence-corrected chi connectivity index (χ2v) is 6.81. The maximum Gasteiger partial charge on any atom is 0.316 e. The summed E-state index contributed by atoms with van der Waals surface area (Å²) in [5, 5.41) is 11.8. The van der Waals surface area contributed by atoms with Gasteiger partial charge in [0, 0.05) is 4.90 Å². The summed E-state index contributed by atoms with van der Waals surface area (Å²) in [6.45, 7) is 1.33. The van der Waals surface area contributed by atoms with Crippen LogP contribution in [0.15, 0.2) is 29.2 Å². The fourth-order valence-electron chi connectivity index (χ4n) is 2.21. The minimum atomic E-state index is -0.874. The molecule has 1 N–H and O–H groups in total. The Morgan fingerprint density at radius 3 is 2.58 bits per heavy atom. The summed E-state index contributed by atoms with van der Waals surface area (Å²) in [6, 6.07) is 9.43. The monoisotopic (exact) mass is 348 g/mol. The average molecular weight is 348 g/mol. The van der Waals surface area contributed by atoms with E-state index in [0.29, 0.717) is 0 Å². The number of amides is 1. The standard InChI is InChI=1S/C17H20N2O4S/c1-17(11-18,12-3-4-12)19-15(20)9-23-16(21)10-24-14-7-5-13(22-2)6-8-14/h5-8,12H,3-4,9-10H2,1-2H3,(H,19,20)/t17-/m0/s1. The first-order valence-electron chi connectivity index (χ1n) is 7.61. The van der Waals surface area contributed by atoms with Crippen LogP contribution in [-0.4, -0.2) is 36.9 Å². The van der Waals surface area contributed by atoms with Crippen molar-refractivity contribution in [2.75, 3.05) is 19.5 Å². The number of carbonyl (C=O) groups is 2. The molecule has 6 nitrogen and oxygen atoms in total. The van der Waals surface area contributed by atoms with Gasteiger partial charge >= 0.3 is 5.97 Å². The van der Waals surface area contributed by atoms with E-state index in [2.05, 4.69) is 11.4 Å². The van der Waals surface area contributed by atoms with Crippen LogP contribution in [0.25, 0.3) is 0 Å². The number of rotatable bonds is 8. The van der Waals surface area contributed by atoms with Crippen LogP contribution in [0.5, 0.6) is 5.75 Å². The number of thioether (sulfide) groups is 1. The summed E-state index contributed by atoms with van der Waals surface area (Å²) in [5.74, 6) is 0.116. The summed E-state index contributed by atoms with van der Waals surface area (Å²) >= 11 is 1.32. The van der Waals surface area contributed by atoms with Gasteiger partial charge in [-0.25, -0.2) is 0 Å². The lowest BCUT2D eigenvalue weighted by molar-refractivity contribution is -0.146. The van der Waals surface area contributed by atoms with E-state index in [1.807, 2.05) is 24.3 Å². The number of carbonyl (C=O) groups excluding carboxylic acids is 2. The molecular weight excluding hydrogens is 328 g/mol. The number of nitriles is 1. The van der Waals surface area contributed by atoms with Crippen molar-refractivity contribution in [1.82, 2.24) is 5.32 Å². The SMILES string of the molecule is COc1ccc(SCC(=O)OCC(=O)N[C@@](C)(C#N)C2CC2)cc1. The molecule has 1 aromatic carbocycles. The smallest absolute Gasteiger partial charge is 0.316 e. The highest BCUT2D eigenvalue weighted by Crippen LogP contribution is 2.39. The zero-order valence-electron chi connectivity index (χ0n) is 13.7. The van der Waals surface area contributed by atoms with E-state index >= 15 is 0 Å². The highest BCUT2D eigenvalue weighted by atomic mass is 32.2. The molecule has 24 heavy (non-hydrogen) atoms. The third kappa shape index (κ3) is 5.17. The van der Waals surface area contributed by atoms with Gasteiger partial charge in [0.25, 0.3) is 5.91 Å². The lowest BCUT2D eigenvalue weighted by Gasteiger charge is -2.22. The Labute approximate surface area is 145 Å². The molecule has 1 aliphatic rings. The van der Waals surface area contributed by atoms with E-state index in [1.54, 1.807) is 14.0 Å². The molecule has 7 heteroatoms. The van der Waals surface area contributed by atoms with Crippen molar-refractivity contribution >= 4 is 23.6 Å². The van der Waals surface area contributed by atoms with Crippen LogP contribution >= 0.6 is 11.8 Å². The molecule has 1 saturated carbocycles. The van der Waals surface area contributed by atoms with E-state index in [1.165, 1.54) is 11.8 Å². The van der Waals surface area contributed by atoms with Crippen LogP contribution in [0.2, 0.25) is 0 Å². The molecule has 0 bridgehead atoms. The molecule has 1 fully saturated rings. The predicted octanol–water partition coefficient (Wildman–Crippen LogP) is 2.14. The molecule has 1 aromatic rings. The van der Waals surface area contributed by atoms with Crippen LogP contribution < -0.4 is 10.1 Å². The highest BCUT2D eigenvalue weighted by Gasteiger charge is 2.43. The minimum Gasteiger partial charge on any atom is -0.497 e. The fourth-order valence-corrected chi connectivity index (χ4v) is 2.91. The van der Waals surface area contributed by atoms with Gasteiger partial charge in [0.15, 0.2) is 6.61 Å². The van der Waals surface area contributed by atoms with Crippen molar-refractivity contribution < 1.29 is 19.1 Å². The summed E-state index contributed by atoms with van der Waals surface area (Å²) < 4.78 is 10.0. The van der Waals surface area contributed by atoms with Crippen molar-refractivity contribution in [3.63, 3.8) is 0 Å². The lowest BCUT2D eigenvalue weighted by Crippen LogP contribution is -2.48. The molecule has 2 rings (SSSR count). The Balaban J connectivity index is 1.70. The third-order valence-corrected chi connectivity index (χ3v) is 4.79. The second-order valence-electron chi connectivity index (χ2n) is 5.76. The number of hydrogen-bond acceptors (Lipinski definition) is 6. The fraction of sp³-hybridized carbons (Fsp3) is 0.471. The summed E-state index contributed by atoms with van der Waals surface area (Å²) in [4.78, 5) is 24.5. The van der Waals surface area contributed by atoms with Crippen molar-refractivity contribution in [1.29, 1.82) is 5.26 Å². The highest BCUT2D eigenvalue weighted by molar-refractivity contribution is 8.00.